The first kappa shape index (κ1) is 9.87. The van der Waals surface area contributed by atoms with E-state index in [9.17, 15) is 0 Å². The van der Waals surface area contributed by atoms with Crippen molar-refractivity contribution in [2.24, 2.45) is 0 Å². The van der Waals surface area contributed by atoms with Crippen LogP contribution < -0.4 is 5.53 Å². The van der Waals surface area contributed by atoms with Crippen LogP contribution >= 0.6 is 0 Å². The van der Waals surface area contributed by atoms with Crippen LogP contribution in [-0.4, -0.2) is 23.1 Å². The Morgan fingerprint density at radius 1 is 1.31 bits per heavy atom. The molecular weight excluding hydrogens is 164 g/mol. The lowest BCUT2D eigenvalue weighted by atomic mass is 10.3. The molecule has 0 amide bonds. The summed E-state index contributed by atoms with van der Waals surface area (Å²) >= 11 is 0. The summed E-state index contributed by atoms with van der Waals surface area (Å²) in [6, 6.07) is 2.12. The largest absolute Gasteiger partial charge is 0.297 e. The van der Waals surface area contributed by atoms with Crippen molar-refractivity contribution in [2.45, 2.75) is 26.2 Å². The topological polar surface area (TPSA) is 42.3 Å². The normalized spacial score (nSPS) is 15.1. The van der Waals surface area contributed by atoms with E-state index >= 15 is 0 Å². The SMILES string of the molecule is CCCCN1C=CN(CCC#N)N1. The molecule has 1 heterocycles. The molecule has 72 valence electrons. The maximum absolute atomic E-state index is 8.39. The molecule has 0 aromatic heterocycles. The molecule has 13 heavy (non-hydrogen) atoms. The molecule has 0 bridgehead atoms. The van der Waals surface area contributed by atoms with Crippen molar-refractivity contribution in [1.29, 1.82) is 5.26 Å². The molecular formula is C9H16N4. The van der Waals surface area contributed by atoms with Crippen molar-refractivity contribution >= 4 is 0 Å². The van der Waals surface area contributed by atoms with Crippen LogP contribution in [0.25, 0.3) is 0 Å². The van der Waals surface area contributed by atoms with Crippen molar-refractivity contribution < 1.29 is 0 Å². The van der Waals surface area contributed by atoms with Gasteiger partial charge >= 0.3 is 0 Å². The number of hydrogen-bond acceptors (Lipinski definition) is 4. The van der Waals surface area contributed by atoms with Crippen LogP contribution in [0.15, 0.2) is 12.4 Å². The zero-order chi connectivity index (χ0) is 9.52. The maximum atomic E-state index is 8.39. The molecule has 1 aliphatic rings. The fourth-order valence-corrected chi connectivity index (χ4v) is 1.14. The third-order valence-corrected chi connectivity index (χ3v) is 1.90. The average molecular weight is 180 g/mol. The van der Waals surface area contributed by atoms with Gasteiger partial charge in [0.05, 0.1) is 12.5 Å². The first-order chi connectivity index (χ1) is 6.36. The molecule has 0 unspecified atom stereocenters. The molecule has 0 aromatic rings. The van der Waals surface area contributed by atoms with Gasteiger partial charge in [0, 0.05) is 25.5 Å². The molecule has 4 nitrogen and oxygen atoms in total. The second kappa shape index (κ2) is 5.44. The van der Waals surface area contributed by atoms with Crippen LogP contribution in [0.4, 0.5) is 0 Å². The molecule has 0 aliphatic carbocycles. The molecule has 0 spiro atoms. The van der Waals surface area contributed by atoms with Crippen molar-refractivity contribution in [2.75, 3.05) is 13.1 Å². The summed E-state index contributed by atoms with van der Waals surface area (Å²) in [5, 5.41) is 12.4. The summed E-state index contributed by atoms with van der Waals surface area (Å²) in [5.74, 6) is 0. The van der Waals surface area contributed by atoms with E-state index in [4.69, 9.17) is 5.26 Å². The van der Waals surface area contributed by atoms with Crippen LogP contribution in [0, 0.1) is 11.3 Å². The highest BCUT2D eigenvalue weighted by molar-refractivity contribution is 4.87. The third-order valence-electron chi connectivity index (χ3n) is 1.90. The van der Waals surface area contributed by atoms with Gasteiger partial charge in [-0.2, -0.15) is 5.26 Å². The summed E-state index contributed by atoms with van der Waals surface area (Å²) < 4.78 is 0. The molecule has 0 atom stereocenters. The summed E-state index contributed by atoms with van der Waals surface area (Å²) in [6.45, 7) is 3.94. The zero-order valence-electron chi connectivity index (χ0n) is 8.03. The fourth-order valence-electron chi connectivity index (χ4n) is 1.14. The number of nitriles is 1. The predicted molar refractivity (Wildman–Crippen MR) is 50.8 cm³/mol. The second-order valence-corrected chi connectivity index (χ2v) is 3.05. The molecule has 0 radical (unpaired) electrons. The Hall–Kier alpha value is -1.21. The summed E-state index contributed by atoms with van der Waals surface area (Å²) in [6.07, 6.45) is 6.91. The van der Waals surface area contributed by atoms with Gasteiger partial charge in [0.1, 0.15) is 0 Å². The summed E-state index contributed by atoms with van der Waals surface area (Å²) in [5.41, 5.74) is 3.16. The van der Waals surface area contributed by atoms with Gasteiger partial charge in [-0.25, -0.2) is 0 Å². The highest BCUT2D eigenvalue weighted by atomic mass is 15.8. The smallest absolute Gasteiger partial charge is 0.0641 e. The summed E-state index contributed by atoms with van der Waals surface area (Å²) in [4.78, 5) is 0. The van der Waals surface area contributed by atoms with Gasteiger partial charge in [-0.1, -0.05) is 13.3 Å². The van der Waals surface area contributed by atoms with Crippen LogP contribution in [0.3, 0.4) is 0 Å². The van der Waals surface area contributed by atoms with Gasteiger partial charge in [-0.05, 0) is 6.42 Å². The van der Waals surface area contributed by atoms with E-state index in [0.29, 0.717) is 6.42 Å². The Balaban J connectivity index is 2.15. The second-order valence-electron chi connectivity index (χ2n) is 3.05. The highest BCUT2D eigenvalue weighted by Gasteiger charge is 2.09. The van der Waals surface area contributed by atoms with Crippen molar-refractivity contribution in [3.8, 4) is 6.07 Å². The number of rotatable bonds is 5. The number of hydrogen-bond donors (Lipinski definition) is 1. The van der Waals surface area contributed by atoms with E-state index in [1.807, 2.05) is 22.4 Å². The third kappa shape index (κ3) is 3.34. The van der Waals surface area contributed by atoms with Gasteiger partial charge in [0.25, 0.3) is 0 Å². The van der Waals surface area contributed by atoms with E-state index in [-0.39, 0.29) is 0 Å². The number of nitrogens with one attached hydrogen (secondary N) is 1. The lowest BCUT2D eigenvalue weighted by molar-refractivity contribution is 0.138. The Morgan fingerprint density at radius 2 is 2.00 bits per heavy atom. The first-order valence-electron chi connectivity index (χ1n) is 4.71. The highest BCUT2D eigenvalue weighted by Crippen LogP contribution is 2.02. The average Bonchev–Trinajstić information content (AvgIpc) is 2.59. The Bertz CT molecular complexity index is 206. The Labute approximate surface area is 79.4 Å². The molecule has 1 aliphatic heterocycles. The van der Waals surface area contributed by atoms with E-state index in [1.165, 1.54) is 12.8 Å². The lowest BCUT2D eigenvalue weighted by Gasteiger charge is -2.21. The number of hydrazine groups is 2. The molecule has 0 saturated heterocycles. The van der Waals surface area contributed by atoms with Gasteiger partial charge in [-0.15, -0.1) is 5.53 Å². The van der Waals surface area contributed by atoms with E-state index in [0.717, 1.165) is 13.1 Å². The lowest BCUT2D eigenvalue weighted by Crippen LogP contribution is -2.39. The van der Waals surface area contributed by atoms with Gasteiger partial charge in [0.15, 0.2) is 0 Å². The van der Waals surface area contributed by atoms with E-state index in [1.54, 1.807) is 0 Å². The predicted octanol–water partition coefficient (Wildman–Crippen LogP) is 1.21. The van der Waals surface area contributed by atoms with E-state index < -0.39 is 0 Å². The van der Waals surface area contributed by atoms with Crippen LogP contribution in [0.5, 0.6) is 0 Å². The van der Waals surface area contributed by atoms with Gasteiger partial charge in [-0.3, -0.25) is 10.0 Å². The quantitative estimate of drug-likeness (QED) is 0.690. The first-order valence-corrected chi connectivity index (χ1v) is 4.71. The van der Waals surface area contributed by atoms with Crippen LogP contribution in [0.1, 0.15) is 26.2 Å². The Morgan fingerprint density at radius 3 is 2.62 bits per heavy atom. The van der Waals surface area contributed by atoms with Crippen LogP contribution in [-0.2, 0) is 0 Å². The Kier molecular flexibility index (Phi) is 4.13. The molecule has 0 aromatic carbocycles. The molecule has 1 rings (SSSR count). The number of unbranched alkanes of at least 4 members (excludes halogenated alkanes) is 1. The standard InChI is InChI=1S/C9H16N4/c1-2-3-6-12-8-9-13(11-12)7-4-5-10/h8-9,11H,2-4,6-7H2,1H3. The fraction of sp³-hybridized carbons (Fsp3) is 0.667. The summed E-state index contributed by atoms with van der Waals surface area (Å²) in [7, 11) is 0. The van der Waals surface area contributed by atoms with Crippen molar-refractivity contribution in [1.82, 2.24) is 15.6 Å². The van der Waals surface area contributed by atoms with Crippen LogP contribution in [0.2, 0.25) is 0 Å². The minimum absolute atomic E-state index is 0.555. The van der Waals surface area contributed by atoms with Gasteiger partial charge < -0.3 is 0 Å². The zero-order valence-corrected chi connectivity index (χ0v) is 8.03. The maximum Gasteiger partial charge on any atom is 0.0641 e. The number of nitrogens with zero attached hydrogens (tertiary/aromatic N) is 3. The molecule has 0 fully saturated rings. The van der Waals surface area contributed by atoms with Gasteiger partial charge in [0.2, 0.25) is 0 Å². The minimum Gasteiger partial charge on any atom is -0.297 e. The van der Waals surface area contributed by atoms with E-state index in [2.05, 4.69) is 18.5 Å². The molecule has 0 saturated carbocycles. The van der Waals surface area contributed by atoms with Crippen molar-refractivity contribution in [3.63, 3.8) is 0 Å². The molecule has 1 N–H and O–H groups in total. The minimum atomic E-state index is 0.555. The van der Waals surface area contributed by atoms with Crippen molar-refractivity contribution in [3.05, 3.63) is 12.4 Å². The molecule has 4 heteroatoms. The monoisotopic (exact) mass is 180 g/mol.